The minimum atomic E-state index is 0.0823. The second-order valence-corrected chi connectivity index (χ2v) is 7.69. The van der Waals surface area contributed by atoms with E-state index in [1.165, 1.54) is 25.7 Å². The summed E-state index contributed by atoms with van der Waals surface area (Å²) in [6.07, 6.45) is 6.61. The predicted octanol–water partition coefficient (Wildman–Crippen LogP) is 1.48. The van der Waals surface area contributed by atoms with Crippen molar-refractivity contribution in [2.75, 3.05) is 39.3 Å². The van der Waals surface area contributed by atoms with Crippen LogP contribution >= 0.6 is 0 Å². The Kier molecular flexibility index (Phi) is 5.94. The Morgan fingerprint density at radius 3 is 2.61 bits per heavy atom. The minimum Gasteiger partial charge on any atom is -0.377 e. The number of amides is 1. The van der Waals surface area contributed by atoms with Crippen LogP contribution in [0.4, 0.5) is 0 Å². The third kappa shape index (κ3) is 4.46. The molecule has 0 spiro atoms. The molecule has 3 unspecified atom stereocenters. The Morgan fingerprint density at radius 1 is 1.17 bits per heavy atom. The zero-order chi connectivity index (χ0) is 16.2. The van der Waals surface area contributed by atoms with E-state index in [2.05, 4.69) is 29.0 Å². The average Bonchev–Trinajstić information content (AvgIpc) is 2.98. The summed E-state index contributed by atoms with van der Waals surface area (Å²) in [5.74, 6) is 1.09. The van der Waals surface area contributed by atoms with Gasteiger partial charge < -0.3 is 15.0 Å². The number of hydrogen-bond acceptors (Lipinski definition) is 4. The zero-order valence-electron chi connectivity index (χ0n) is 14.8. The van der Waals surface area contributed by atoms with Crippen molar-refractivity contribution in [2.24, 2.45) is 5.92 Å². The number of rotatable bonds is 5. The molecule has 1 aliphatic carbocycles. The fourth-order valence-corrected chi connectivity index (χ4v) is 4.34. The van der Waals surface area contributed by atoms with E-state index in [1.54, 1.807) is 0 Å². The molecule has 132 valence electrons. The molecule has 1 amide bonds. The maximum atomic E-state index is 12.8. The summed E-state index contributed by atoms with van der Waals surface area (Å²) in [6.45, 7) is 9.61. The van der Waals surface area contributed by atoms with Gasteiger partial charge in [0.05, 0.1) is 18.8 Å². The molecule has 5 nitrogen and oxygen atoms in total. The molecule has 0 aromatic heterocycles. The lowest BCUT2D eigenvalue weighted by atomic mass is 9.85. The Labute approximate surface area is 140 Å². The summed E-state index contributed by atoms with van der Waals surface area (Å²) in [6, 6.07) is 0.686. The second kappa shape index (κ2) is 7.95. The maximum absolute atomic E-state index is 12.8. The molecule has 3 fully saturated rings. The predicted molar refractivity (Wildman–Crippen MR) is 91.4 cm³/mol. The first-order valence-corrected chi connectivity index (χ1v) is 9.52. The third-order valence-electron chi connectivity index (χ3n) is 5.70. The standard InChI is InChI=1S/C18H33N3O2/c1-14(2)23-12-11-20-7-9-21(10-8-20)18(22)17-13-15-5-3-4-6-16(15)19-17/h14-17,19H,3-13H2,1-2H3. The first kappa shape index (κ1) is 17.2. The van der Waals surface area contributed by atoms with Crippen LogP contribution in [0.2, 0.25) is 0 Å². The summed E-state index contributed by atoms with van der Waals surface area (Å²) in [5, 5.41) is 3.62. The number of hydrogen-bond donors (Lipinski definition) is 1. The van der Waals surface area contributed by atoms with Gasteiger partial charge in [-0.15, -0.1) is 0 Å². The van der Waals surface area contributed by atoms with Gasteiger partial charge in [-0.25, -0.2) is 0 Å². The van der Waals surface area contributed by atoms with Gasteiger partial charge in [0, 0.05) is 38.8 Å². The number of nitrogens with zero attached hydrogens (tertiary/aromatic N) is 2. The summed E-state index contributed by atoms with van der Waals surface area (Å²) < 4.78 is 5.62. The molecule has 3 aliphatic rings. The highest BCUT2D eigenvalue weighted by Gasteiger charge is 2.40. The van der Waals surface area contributed by atoms with Gasteiger partial charge in [0.2, 0.25) is 5.91 Å². The van der Waals surface area contributed by atoms with Crippen LogP contribution in [-0.4, -0.2) is 73.2 Å². The van der Waals surface area contributed by atoms with Crippen molar-refractivity contribution >= 4 is 5.91 Å². The van der Waals surface area contributed by atoms with Gasteiger partial charge in [-0.3, -0.25) is 9.69 Å². The molecule has 0 aromatic carbocycles. The van der Waals surface area contributed by atoms with Crippen molar-refractivity contribution in [3.8, 4) is 0 Å². The van der Waals surface area contributed by atoms with E-state index in [4.69, 9.17) is 4.74 Å². The van der Waals surface area contributed by atoms with Crippen LogP contribution < -0.4 is 5.32 Å². The fraction of sp³-hybridized carbons (Fsp3) is 0.944. The summed E-state index contributed by atoms with van der Waals surface area (Å²) >= 11 is 0. The smallest absolute Gasteiger partial charge is 0.239 e. The van der Waals surface area contributed by atoms with E-state index in [9.17, 15) is 4.79 Å². The van der Waals surface area contributed by atoms with E-state index in [0.717, 1.165) is 51.7 Å². The van der Waals surface area contributed by atoms with Crippen LogP contribution in [0.25, 0.3) is 0 Å². The zero-order valence-corrected chi connectivity index (χ0v) is 14.8. The quantitative estimate of drug-likeness (QED) is 0.832. The molecule has 0 radical (unpaired) electrons. The Hall–Kier alpha value is -0.650. The molecule has 3 rings (SSSR count). The molecule has 5 heteroatoms. The van der Waals surface area contributed by atoms with Gasteiger partial charge in [-0.2, -0.15) is 0 Å². The topological polar surface area (TPSA) is 44.8 Å². The van der Waals surface area contributed by atoms with Crippen LogP contribution in [0.1, 0.15) is 46.0 Å². The second-order valence-electron chi connectivity index (χ2n) is 7.69. The van der Waals surface area contributed by atoms with Crippen molar-refractivity contribution in [1.29, 1.82) is 0 Å². The monoisotopic (exact) mass is 323 g/mol. The van der Waals surface area contributed by atoms with Crippen molar-refractivity contribution in [3.63, 3.8) is 0 Å². The molecule has 0 bridgehead atoms. The first-order chi connectivity index (χ1) is 11.1. The van der Waals surface area contributed by atoms with Gasteiger partial charge in [-0.1, -0.05) is 12.8 Å². The lowest BCUT2D eigenvalue weighted by Gasteiger charge is -2.36. The van der Waals surface area contributed by atoms with Gasteiger partial charge in [0.25, 0.3) is 0 Å². The van der Waals surface area contributed by atoms with Crippen molar-refractivity contribution in [1.82, 2.24) is 15.1 Å². The molecular formula is C18H33N3O2. The van der Waals surface area contributed by atoms with E-state index in [-0.39, 0.29) is 6.04 Å². The maximum Gasteiger partial charge on any atom is 0.239 e. The summed E-state index contributed by atoms with van der Waals surface area (Å²) in [7, 11) is 0. The minimum absolute atomic E-state index is 0.0823. The molecule has 23 heavy (non-hydrogen) atoms. The molecule has 2 aliphatic heterocycles. The third-order valence-corrected chi connectivity index (χ3v) is 5.70. The number of fused-ring (bicyclic) bond motifs is 1. The largest absolute Gasteiger partial charge is 0.377 e. The van der Waals surface area contributed by atoms with Crippen molar-refractivity contribution in [2.45, 2.75) is 64.1 Å². The lowest BCUT2D eigenvalue weighted by molar-refractivity contribution is -0.135. The number of piperazine rings is 1. The molecule has 3 atom stereocenters. The van der Waals surface area contributed by atoms with Crippen LogP contribution in [0, 0.1) is 5.92 Å². The van der Waals surface area contributed by atoms with E-state index < -0.39 is 0 Å². The number of carbonyl (C=O) groups is 1. The number of nitrogens with one attached hydrogen (secondary N) is 1. The van der Waals surface area contributed by atoms with Crippen molar-refractivity contribution < 1.29 is 9.53 Å². The Balaban J connectivity index is 1.40. The normalized spacial score (nSPS) is 32.3. The van der Waals surface area contributed by atoms with Crippen LogP contribution in [0.15, 0.2) is 0 Å². The van der Waals surface area contributed by atoms with E-state index in [1.807, 2.05) is 0 Å². The van der Waals surface area contributed by atoms with Gasteiger partial charge in [0.15, 0.2) is 0 Å². The lowest BCUT2D eigenvalue weighted by Crippen LogP contribution is -2.53. The molecule has 2 saturated heterocycles. The number of carbonyl (C=O) groups excluding carboxylic acids is 1. The van der Waals surface area contributed by atoms with Crippen molar-refractivity contribution in [3.05, 3.63) is 0 Å². The number of ether oxygens (including phenoxy) is 1. The Bertz CT molecular complexity index is 380. The SMILES string of the molecule is CC(C)OCCN1CCN(C(=O)C2CC3CCCCC3N2)CC1. The molecule has 0 aromatic rings. The highest BCUT2D eigenvalue weighted by Crippen LogP contribution is 2.33. The van der Waals surface area contributed by atoms with Crippen LogP contribution in [0.5, 0.6) is 0 Å². The fourth-order valence-electron chi connectivity index (χ4n) is 4.34. The summed E-state index contributed by atoms with van der Waals surface area (Å²) in [4.78, 5) is 17.3. The average molecular weight is 323 g/mol. The van der Waals surface area contributed by atoms with E-state index in [0.29, 0.717) is 18.1 Å². The van der Waals surface area contributed by atoms with Crippen LogP contribution in [-0.2, 0) is 9.53 Å². The van der Waals surface area contributed by atoms with E-state index >= 15 is 0 Å². The molecule has 1 N–H and O–H groups in total. The Morgan fingerprint density at radius 2 is 1.91 bits per heavy atom. The van der Waals surface area contributed by atoms with Gasteiger partial charge >= 0.3 is 0 Å². The molecule has 2 heterocycles. The van der Waals surface area contributed by atoms with Gasteiger partial charge in [-0.05, 0) is 39.0 Å². The van der Waals surface area contributed by atoms with Crippen LogP contribution in [0.3, 0.4) is 0 Å². The molecule has 1 saturated carbocycles. The van der Waals surface area contributed by atoms with Gasteiger partial charge in [0.1, 0.15) is 0 Å². The first-order valence-electron chi connectivity index (χ1n) is 9.52. The summed E-state index contributed by atoms with van der Waals surface area (Å²) in [5.41, 5.74) is 0. The highest BCUT2D eigenvalue weighted by atomic mass is 16.5. The highest BCUT2D eigenvalue weighted by molar-refractivity contribution is 5.82. The molecular weight excluding hydrogens is 290 g/mol.